The number of hydrogen-bond acceptors (Lipinski definition) is 2. The van der Waals surface area contributed by atoms with Gasteiger partial charge in [0.25, 0.3) is 0 Å². The zero-order valence-corrected chi connectivity index (χ0v) is 10.9. The van der Waals surface area contributed by atoms with E-state index in [4.69, 9.17) is 28.9 Å². The topological polar surface area (TPSA) is 43.8 Å². The first-order valence-corrected chi connectivity index (χ1v) is 6.00. The number of aryl methyl sites for hydroxylation is 1. The summed E-state index contributed by atoms with van der Waals surface area (Å²) in [4.78, 5) is 0. The lowest BCUT2D eigenvalue weighted by Gasteiger charge is -2.11. The molecule has 1 aromatic heterocycles. The molecule has 0 aliphatic carbocycles. The average molecular weight is 270 g/mol. The van der Waals surface area contributed by atoms with Crippen LogP contribution < -0.4 is 5.73 Å². The minimum Gasteiger partial charge on any atom is -0.324 e. The Morgan fingerprint density at radius 2 is 1.94 bits per heavy atom. The van der Waals surface area contributed by atoms with Crippen LogP contribution in [0.4, 0.5) is 0 Å². The first kappa shape index (κ1) is 12.4. The van der Waals surface area contributed by atoms with Crippen LogP contribution in [0.5, 0.6) is 0 Å². The molecule has 2 aromatic rings. The van der Waals surface area contributed by atoms with Crippen molar-refractivity contribution in [1.82, 2.24) is 9.78 Å². The Hall–Kier alpha value is -1.03. The molecule has 3 nitrogen and oxygen atoms in total. The number of nitrogens with two attached hydrogens (primary N) is 1. The molecule has 17 heavy (non-hydrogen) atoms. The fourth-order valence-electron chi connectivity index (χ4n) is 1.70. The summed E-state index contributed by atoms with van der Waals surface area (Å²) in [6, 6.07) is 7.16. The van der Waals surface area contributed by atoms with E-state index in [1.165, 1.54) is 0 Å². The van der Waals surface area contributed by atoms with Crippen LogP contribution in [-0.4, -0.2) is 9.78 Å². The van der Waals surface area contributed by atoms with E-state index in [0.29, 0.717) is 16.5 Å². The second kappa shape index (κ2) is 5.08. The summed E-state index contributed by atoms with van der Waals surface area (Å²) in [6.45, 7) is 0. The largest absolute Gasteiger partial charge is 0.324 e. The Kier molecular flexibility index (Phi) is 3.72. The Morgan fingerprint density at radius 1 is 1.29 bits per heavy atom. The third-order valence-corrected chi connectivity index (χ3v) is 2.95. The Balaban J connectivity index is 2.16. The Morgan fingerprint density at radius 3 is 2.47 bits per heavy atom. The molecular weight excluding hydrogens is 257 g/mol. The van der Waals surface area contributed by atoms with Crippen LogP contribution in [0.2, 0.25) is 10.0 Å². The summed E-state index contributed by atoms with van der Waals surface area (Å²) in [5.41, 5.74) is 7.99. The van der Waals surface area contributed by atoms with Gasteiger partial charge < -0.3 is 5.73 Å². The molecule has 5 heteroatoms. The van der Waals surface area contributed by atoms with Gasteiger partial charge in [-0.05, 0) is 29.8 Å². The molecule has 2 rings (SSSR count). The maximum Gasteiger partial charge on any atom is 0.0643 e. The van der Waals surface area contributed by atoms with Gasteiger partial charge >= 0.3 is 0 Å². The summed E-state index contributed by atoms with van der Waals surface area (Å²) < 4.78 is 1.76. The third-order valence-electron chi connectivity index (χ3n) is 2.51. The number of benzene rings is 1. The lowest BCUT2D eigenvalue weighted by Crippen LogP contribution is -2.13. The van der Waals surface area contributed by atoms with Crippen molar-refractivity contribution in [3.63, 3.8) is 0 Å². The molecule has 0 saturated carbocycles. The highest BCUT2D eigenvalue weighted by molar-refractivity contribution is 6.34. The lowest BCUT2D eigenvalue weighted by molar-refractivity contribution is 0.675. The van der Waals surface area contributed by atoms with Crippen LogP contribution >= 0.6 is 23.2 Å². The average Bonchev–Trinajstić information content (AvgIpc) is 2.62. The maximum atomic E-state index is 6.11. The van der Waals surface area contributed by atoms with Crippen molar-refractivity contribution in [3.8, 4) is 0 Å². The maximum absolute atomic E-state index is 6.11. The smallest absolute Gasteiger partial charge is 0.0643 e. The fraction of sp³-hybridized carbons (Fsp3) is 0.250. The number of nitrogens with zero attached hydrogens (tertiary/aromatic N) is 2. The van der Waals surface area contributed by atoms with Crippen LogP contribution in [0.3, 0.4) is 0 Å². The Labute approximate surface area is 110 Å². The highest BCUT2D eigenvalue weighted by Gasteiger charge is 2.10. The van der Waals surface area contributed by atoms with Gasteiger partial charge in [0.2, 0.25) is 0 Å². The first-order valence-electron chi connectivity index (χ1n) is 5.24. The number of halogens is 2. The van der Waals surface area contributed by atoms with Gasteiger partial charge in [-0.15, -0.1) is 0 Å². The predicted octanol–water partition coefficient (Wildman–Crippen LogP) is 2.97. The molecule has 0 radical (unpaired) electrons. The van der Waals surface area contributed by atoms with Gasteiger partial charge in [-0.3, -0.25) is 4.68 Å². The fourth-order valence-corrected chi connectivity index (χ4v) is 2.25. The van der Waals surface area contributed by atoms with Gasteiger partial charge in [0.1, 0.15) is 0 Å². The van der Waals surface area contributed by atoms with Crippen molar-refractivity contribution in [2.75, 3.05) is 0 Å². The lowest BCUT2D eigenvalue weighted by atomic mass is 10.0. The molecule has 1 heterocycles. The van der Waals surface area contributed by atoms with E-state index in [-0.39, 0.29) is 6.04 Å². The summed E-state index contributed by atoms with van der Waals surface area (Å²) in [7, 11) is 1.88. The molecule has 0 aliphatic rings. The van der Waals surface area contributed by atoms with Gasteiger partial charge in [-0.25, -0.2) is 0 Å². The van der Waals surface area contributed by atoms with Crippen molar-refractivity contribution in [1.29, 1.82) is 0 Å². The highest BCUT2D eigenvalue weighted by Crippen LogP contribution is 2.24. The highest BCUT2D eigenvalue weighted by atomic mass is 35.5. The summed E-state index contributed by atoms with van der Waals surface area (Å²) in [6.07, 6.45) is 2.56. The molecule has 1 aromatic carbocycles. The second-order valence-corrected chi connectivity index (χ2v) is 4.87. The molecule has 0 saturated heterocycles. The van der Waals surface area contributed by atoms with Crippen LogP contribution in [0.25, 0.3) is 0 Å². The van der Waals surface area contributed by atoms with Crippen LogP contribution in [0.15, 0.2) is 30.5 Å². The zero-order valence-electron chi connectivity index (χ0n) is 9.40. The normalized spacial score (nSPS) is 12.7. The van der Waals surface area contributed by atoms with Gasteiger partial charge in [-0.1, -0.05) is 23.2 Å². The van der Waals surface area contributed by atoms with Crippen LogP contribution in [0.1, 0.15) is 17.3 Å². The number of aromatic nitrogens is 2. The molecular formula is C12H13Cl2N3. The molecule has 1 atom stereocenters. The molecule has 2 N–H and O–H groups in total. The van der Waals surface area contributed by atoms with E-state index < -0.39 is 0 Å². The summed E-state index contributed by atoms with van der Waals surface area (Å²) >= 11 is 11.9. The van der Waals surface area contributed by atoms with Gasteiger partial charge in [0.05, 0.1) is 5.69 Å². The van der Waals surface area contributed by atoms with Crippen molar-refractivity contribution in [3.05, 3.63) is 51.8 Å². The molecule has 0 spiro atoms. The van der Waals surface area contributed by atoms with E-state index in [0.717, 1.165) is 11.3 Å². The molecule has 90 valence electrons. The SMILES string of the molecule is Cn1ccc(CC(N)c2cc(Cl)cc(Cl)c2)n1. The molecule has 1 unspecified atom stereocenters. The summed E-state index contributed by atoms with van der Waals surface area (Å²) in [5, 5.41) is 5.49. The Bertz CT molecular complexity index is 502. The van der Waals surface area contributed by atoms with Gasteiger partial charge in [0.15, 0.2) is 0 Å². The zero-order chi connectivity index (χ0) is 12.4. The van der Waals surface area contributed by atoms with Gasteiger partial charge in [0, 0.05) is 35.8 Å². The molecule has 0 fully saturated rings. The van der Waals surface area contributed by atoms with E-state index in [1.54, 1.807) is 10.7 Å². The quantitative estimate of drug-likeness (QED) is 0.931. The molecule has 0 amide bonds. The van der Waals surface area contributed by atoms with Crippen molar-refractivity contribution < 1.29 is 0 Å². The van der Waals surface area contributed by atoms with Crippen molar-refractivity contribution in [2.45, 2.75) is 12.5 Å². The first-order chi connectivity index (χ1) is 8.04. The second-order valence-electron chi connectivity index (χ2n) is 3.99. The minimum absolute atomic E-state index is 0.152. The standard InChI is InChI=1S/C12H13Cl2N3/c1-17-3-2-11(16-17)7-12(15)8-4-9(13)6-10(14)5-8/h2-6,12H,7,15H2,1H3. The van der Waals surface area contributed by atoms with Crippen molar-refractivity contribution in [2.24, 2.45) is 12.8 Å². The van der Waals surface area contributed by atoms with E-state index in [1.807, 2.05) is 31.4 Å². The van der Waals surface area contributed by atoms with Crippen LogP contribution in [0, 0.1) is 0 Å². The number of hydrogen-bond donors (Lipinski definition) is 1. The van der Waals surface area contributed by atoms with Gasteiger partial charge in [-0.2, -0.15) is 5.10 Å². The summed E-state index contributed by atoms with van der Waals surface area (Å²) in [5.74, 6) is 0. The molecule has 0 aliphatic heterocycles. The van der Waals surface area contributed by atoms with E-state index in [9.17, 15) is 0 Å². The predicted molar refractivity (Wildman–Crippen MR) is 70.3 cm³/mol. The van der Waals surface area contributed by atoms with Crippen molar-refractivity contribution >= 4 is 23.2 Å². The third kappa shape index (κ3) is 3.22. The van der Waals surface area contributed by atoms with E-state index in [2.05, 4.69) is 5.10 Å². The monoisotopic (exact) mass is 269 g/mol. The van der Waals surface area contributed by atoms with E-state index >= 15 is 0 Å². The van der Waals surface area contributed by atoms with Crippen LogP contribution in [-0.2, 0) is 13.5 Å². The number of rotatable bonds is 3. The minimum atomic E-state index is -0.152. The molecule has 0 bridgehead atoms.